The lowest BCUT2D eigenvalue weighted by atomic mass is 9.94. The molecule has 2 N–H and O–H groups in total. The standard InChI is InChI=1S/C27H32N2O5/c1-2-18-13-15-29(16-14-18)26(32)24(11-12-25(30)31)28-27(33)34-17-23-21-9-5-3-7-19(21)20-8-4-6-10-22(20)23/h3-10,18,23-24H,2,11-17H2,1H3,(H,28,33)(H,30,31). The van der Waals surface area contributed by atoms with E-state index >= 15 is 0 Å². The molecule has 4 rings (SSSR count). The van der Waals surface area contributed by atoms with Gasteiger partial charge in [-0.3, -0.25) is 9.59 Å². The first-order valence-electron chi connectivity index (χ1n) is 12.1. The van der Waals surface area contributed by atoms with Crippen LogP contribution in [-0.2, 0) is 14.3 Å². The summed E-state index contributed by atoms with van der Waals surface area (Å²) in [7, 11) is 0. The van der Waals surface area contributed by atoms with Gasteiger partial charge in [0.2, 0.25) is 5.91 Å². The first kappa shape index (κ1) is 23.8. The first-order chi connectivity index (χ1) is 16.5. The zero-order valence-corrected chi connectivity index (χ0v) is 19.5. The average molecular weight is 465 g/mol. The zero-order chi connectivity index (χ0) is 24.1. The number of hydrogen-bond donors (Lipinski definition) is 2. The molecule has 0 saturated carbocycles. The van der Waals surface area contributed by atoms with E-state index in [2.05, 4.69) is 24.4 Å². The Morgan fingerprint density at radius 2 is 1.62 bits per heavy atom. The molecule has 7 nitrogen and oxygen atoms in total. The van der Waals surface area contributed by atoms with E-state index in [1.807, 2.05) is 36.4 Å². The van der Waals surface area contributed by atoms with Crippen molar-refractivity contribution in [2.75, 3.05) is 19.7 Å². The number of amides is 2. The van der Waals surface area contributed by atoms with Crippen LogP contribution in [-0.4, -0.2) is 53.7 Å². The van der Waals surface area contributed by atoms with Gasteiger partial charge >= 0.3 is 12.1 Å². The number of aliphatic carboxylic acids is 1. The van der Waals surface area contributed by atoms with Crippen molar-refractivity contribution in [3.05, 3.63) is 59.7 Å². The molecule has 2 aromatic carbocycles. The van der Waals surface area contributed by atoms with Gasteiger partial charge in [0.25, 0.3) is 0 Å². The quantitative estimate of drug-likeness (QED) is 0.603. The number of piperidine rings is 1. The Morgan fingerprint density at radius 1 is 1.03 bits per heavy atom. The van der Waals surface area contributed by atoms with Crippen molar-refractivity contribution in [1.82, 2.24) is 10.2 Å². The monoisotopic (exact) mass is 464 g/mol. The summed E-state index contributed by atoms with van der Waals surface area (Å²) < 4.78 is 5.58. The van der Waals surface area contributed by atoms with Crippen LogP contribution in [0.15, 0.2) is 48.5 Å². The molecule has 0 bridgehead atoms. The molecule has 0 aromatic heterocycles. The molecule has 2 aliphatic rings. The number of carboxylic acid groups (broad SMARTS) is 1. The minimum atomic E-state index is -1.00. The van der Waals surface area contributed by atoms with Gasteiger partial charge in [-0.1, -0.05) is 61.9 Å². The van der Waals surface area contributed by atoms with Gasteiger partial charge in [-0.15, -0.1) is 0 Å². The van der Waals surface area contributed by atoms with Crippen molar-refractivity contribution in [2.45, 2.75) is 51.0 Å². The Kier molecular flexibility index (Phi) is 7.50. The van der Waals surface area contributed by atoms with Gasteiger partial charge in [-0.05, 0) is 47.4 Å². The third-order valence-electron chi connectivity index (χ3n) is 7.08. The molecule has 1 atom stereocenters. The predicted octanol–water partition coefficient (Wildman–Crippen LogP) is 4.41. The average Bonchev–Trinajstić information content (AvgIpc) is 3.18. The highest BCUT2D eigenvalue weighted by Crippen LogP contribution is 2.44. The number of fused-ring (bicyclic) bond motifs is 3. The summed E-state index contributed by atoms with van der Waals surface area (Å²) >= 11 is 0. The Hall–Kier alpha value is -3.35. The smallest absolute Gasteiger partial charge is 0.407 e. The number of ether oxygens (including phenoxy) is 1. The number of carbonyl (C=O) groups excluding carboxylic acids is 2. The fourth-order valence-corrected chi connectivity index (χ4v) is 5.09. The fourth-order valence-electron chi connectivity index (χ4n) is 5.09. The summed E-state index contributed by atoms with van der Waals surface area (Å²) in [6, 6.07) is 15.2. The molecular formula is C27H32N2O5. The van der Waals surface area contributed by atoms with Crippen molar-refractivity contribution in [3.63, 3.8) is 0 Å². The van der Waals surface area contributed by atoms with Gasteiger partial charge < -0.3 is 20.1 Å². The van der Waals surface area contributed by atoms with Crippen LogP contribution in [0.5, 0.6) is 0 Å². The molecule has 2 amide bonds. The Labute approximate surface area is 200 Å². The highest BCUT2D eigenvalue weighted by Gasteiger charge is 2.32. The molecular weight excluding hydrogens is 432 g/mol. The molecule has 0 radical (unpaired) electrons. The van der Waals surface area contributed by atoms with E-state index in [1.165, 1.54) is 0 Å². The Balaban J connectivity index is 1.40. The molecule has 1 aliphatic heterocycles. The molecule has 1 unspecified atom stereocenters. The number of benzene rings is 2. The lowest BCUT2D eigenvalue weighted by molar-refractivity contribution is -0.138. The summed E-state index contributed by atoms with van der Waals surface area (Å²) in [4.78, 5) is 38.7. The van der Waals surface area contributed by atoms with Gasteiger partial charge in [0.1, 0.15) is 12.6 Å². The number of carboxylic acids is 1. The molecule has 34 heavy (non-hydrogen) atoms. The third kappa shape index (κ3) is 5.24. The minimum Gasteiger partial charge on any atom is -0.481 e. The molecule has 180 valence electrons. The minimum absolute atomic E-state index is 0.0338. The van der Waals surface area contributed by atoms with E-state index in [1.54, 1.807) is 4.90 Å². The van der Waals surface area contributed by atoms with Crippen LogP contribution in [0.2, 0.25) is 0 Å². The second-order valence-corrected chi connectivity index (χ2v) is 9.13. The van der Waals surface area contributed by atoms with Crippen molar-refractivity contribution in [3.8, 4) is 11.1 Å². The maximum Gasteiger partial charge on any atom is 0.407 e. The van der Waals surface area contributed by atoms with E-state index in [4.69, 9.17) is 9.84 Å². The van der Waals surface area contributed by atoms with Gasteiger partial charge in [0, 0.05) is 25.4 Å². The topological polar surface area (TPSA) is 95.9 Å². The summed E-state index contributed by atoms with van der Waals surface area (Å²) in [5, 5.41) is 11.8. The van der Waals surface area contributed by atoms with Gasteiger partial charge in [0.05, 0.1) is 0 Å². The molecule has 1 fully saturated rings. The van der Waals surface area contributed by atoms with Crippen LogP contribution in [0.4, 0.5) is 4.79 Å². The van der Waals surface area contributed by atoms with Gasteiger partial charge in [0.15, 0.2) is 0 Å². The van der Waals surface area contributed by atoms with E-state index in [-0.39, 0.29) is 31.3 Å². The van der Waals surface area contributed by atoms with Gasteiger partial charge in [-0.2, -0.15) is 0 Å². The summed E-state index contributed by atoms with van der Waals surface area (Å²) in [6.45, 7) is 3.55. The number of nitrogens with zero attached hydrogens (tertiary/aromatic N) is 1. The second-order valence-electron chi connectivity index (χ2n) is 9.13. The van der Waals surface area contributed by atoms with Crippen LogP contribution >= 0.6 is 0 Å². The van der Waals surface area contributed by atoms with E-state index in [0.29, 0.717) is 19.0 Å². The van der Waals surface area contributed by atoms with Gasteiger partial charge in [-0.25, -0.2) is 4.79 Å². The summed E-state index contributed by atoms with van der Waals surface area (Å²) in [5.41, 5.74) is 4.48. The number of likely N-dealkylation sites (tertiary alicyclic amines) is 1. The van der Waals surface area contributed by atoms with E-state index < -0.39 is 18.1 Å². The van der Waals surface area contributed by atoms with Crippen LogP contribution in [0.3, 0.4) is 0 Å². The van der Waals surface area contributed by atoms with Crippen molar-refractivity contribution in [2.24, 2.45) is 5.92 Å². The highest BCUT2D eigenvalue weighted by atomic mass is 16.5. The molecule has 1 heterocycles. The first-order valence-corrected chi connectivity index (χ1v) is 12.1. The summed E-state index contributed by atoms with van der Waals surface area (Å²) in [5.74, 6) is -0.711. The van der Waals surface area contributed by atoms with E-state index in [9.17, 15) is 14.4 Å². The van der Waals surface area contributed by atoms with Crippen LogP contribution in [0.1, 0.15) is 56.1 Å². The van der Waals surface area contributed by atoms with Crippen LogP contribution < -0.4 is 5.32 Å². The number of hydrogen-bond acceptors (Lipinski definition) is 4. The maximum absolute atomic E-state index is 13.1. The van der Waals surface area contributed by atoms with Crippen LogP contribution in [0.25, 0.3) is 11.1 Å². The second kappa shape index (κ2) is 10.7. The lowest BCUT2D eigenvalue weighted by Crippen LogP contribution is -2.51. The fraction of sp³-hybridized carbons (Fsp3) is 0.444. The Morgan fingerprint density at radius 3 is 2.18 bits per heavy atom. The number of carbonyl (C=O) groups is 3. The van der Waals surface area contributed by atoms with Crippen molar-refractivity contribution < 1.29 is 24.2 Å². The molecule has 2 aromatic rings. The molecule has 1 saturated heterocycles. The zero-order valence-electron chi connectivity index (χ0n) is 19.5. The number of alkyl carbamates (subject to hydrolysis) is 1. The van der Waals surface area contributed by atoms with Crippen LogP contribution in [0, 0.1) is 5.92 Å². The maximum atomic E-state index is 13.1. The SMILES string of the molecule is CCC1CCN(C(=O)C(CCC(=O)O)NC(=O)OCC2c3ccccc3-c3ccccc32)CC1. The third-order valence-corrected chi connectivity index (χ3v) is 7.08. The number of nitrogens with one attached hydrogen (secondary N) is 1. The molecule has 1 aliphatic carbocycles. The normalized spacial score (nSPS) is 16.4. The predicted molar refractivity (Wildman–Crippen MR) is 128 cm³/mol. The Bertz CT molecular complexity index is 999. The van der Waals surface area contributed by atoms with Crippen molar-refractivity contribution in [1.29, 1.82) is 0 Å². The molecule has 0 spiro atoms. The van der Waals surface area contributed by atoms with E-state index in [0.717, 1.165) is 41.5 Å². The number of rotatable bonds is 8. The highest BCUT2D eigenvalue weighted by molar-refractivity contribution is 5.86. The lowest BCUT2D eigenvalue weighted by Gasteiger charge is -2.34. The van der Waals surface area contributed by atoms with Crippen molar-refractivity contribution >= 4 is 18.0 Å². The largest absolute Gasteiger partial charge is 0.481 e. The molecule has 7 heteroatoms. The summed E-state index contributed by atoms with van der Waals surface area (Å²) in [6.07, 6.45) is 2.08.